The third-order valence-electron chi connectivity index (χ3n) is 3.60. The Morgan fingerprint density at radius 2 is 1.60 bits per heavy atom. The largest absolute Gasteiger partial charge is 0.379 e. The number of rotatable bonds is 2. The van der Waals surface area contributed by atoms with Crippen molar-refractivity contribution in [2.45, 2.75) is 31.2 Å². The molecule has 2 rings (SSSR count). The molecule has 2 N–H and O–H groups in total. The first-order chi connectivity index (χ1) is 6.37. The third kappa shape index (κ3) is 3.21. The summed E-state index contributed by atoms with van der Waals surface area (Å²) in [5.74, 6) is 0. The van der Waals surface area contributed by atoms with E-state index in [-0.39, 0.29) is 24.8 Å². The molecule has 15 heavy (non-hydrogen) atoms. The van der Waals surface area contributed by atoms with Crippen molar-refractivity contribution in [2.24, 2.45) is 5.73 Å². The molecule has 1 saturated carbocycles. The van der Waals surface area contributed by atoms with Gasteiger partial charge in [0.1, 0.15) is 0 Å². The second kappa shape index (κ2) is 6.92. The van der Waals surface area contributed by atoms with Gasteiger partial charge in [-0.2, -0.15) is 0 Å². The summed E-state index contributed by atoms with van der Waals surface area (Å²) in [4.78, 5) is 2.56. The first-order valence-corrected chi connectivity index (χ1v) is 5.40. The molecule has 0 aromatic heterocycles. The SMILES string of the molecule is Cl.Cl.NCC1(N2CCOCC2)CCCC1. The molecule has 1 aliphatic heterocycles. The van der Waals surface area contributed by atoms with Gasteiger partial charge in [0, 0.05) is 25.2 Å². The van der Waals surface area contributed by atoms with Gasteiger partial charge in [0.25, 0.3) is 0 Å². The van der Waals surface area contributed by atoms with Crippen molar-refractivity contribution in [3.63, 3.8) is 0 Å². The minimum absolute atomic E-state index is 0. The Balaban J connectivity index is 0.000000980. The summed E-state index contributed by atoms with van der Waals surface area (Å²) in [6.45, 7) is 4.77. The third-order valence-corrected chi connectivity index (χ3v) is 3.60. The quantitative estimate of drug-likeness (QED) is 0.813. The van der Waals surface area contributed by atoms with Crippen molar-refractivity contribution in [1.29, 1.82) is 0 Å². The molecule has 0 bridgehead atoms. The van der Waals surface area contributed by atoms with Crippen LogP contribution < -0.4 is 5.73 Å². The summed E-state index contributed by atoms with van der Waals surface area (Å²) in [7, 11) is 0. The molecule has 0 aromatic rings. The van der Waals surface area contributed by atoms with Crippen LogP contribution in [0.5, 0.6) is 0 Å². The Labute approximate surface area is 105 Å². The zero-order valence-corrected chi connectivity index (χ0v) is 10.7. The summed E-state index contributed by atoms with van der Waals surface area (Å²) in [5.41, 5.74) is 6.25. The van der Waals surface area contributed by atoms with Crippen molar-refractivity contribution < 1.29 is 4.74 Å². The minimum Gasteiger partial charge on any atom is -0.379 e. The van der Waals surface area contributed by atoms with E-state index < -0.39 is 0 Å². The lowest BCUT2D eigenvalue weighted by atomic mass is 9.95. The maximum Gasteiger partial charge on any atom is 0.0594 e. The topological polar surface area (TPSA) is 38.5 Å². The Hall–Kier alpha value is 0.460. The van der Waals surface area contributed by atoms with Crippen LogP contribution in [0.1, 0.15) is 25.7 Å². The van der Waals surface area contributed by atoms with Gasteiger partial charge in [-0.15, -0.1) is 24.8 Å². The van der Waals surface area contributed by atoms with Crippen molar-refractivity contribution in [2.75, 3.05) is 32.8 Å². The van der Waals surface area contributed by atoms with Crippen LogP contribution in [0, 0.1) is 0 Å². The van der Waals surface area contributed by atoms with Crippen LogP contribution in [0.3, 0.4) is 0 Å². The summed E-state index contributed by atoms with van der Waals surface area (Å²) in [5, 5.41) is 0. The van der Waals surface area contributed by atoms with Gasteiger partial charge < -0.3 is 10.5 Å². The molecule has 3 nitrogen and oxygen atoms in total. The second-order valence-electron chi connectivity index (χ2n) is 4.23. The molecule has 92 valence electrons. The van der Waals surface area contributed by atoms with E-state index >= 15 is 0 Å². The van der Waals surface area contributed by atoms with Gasteiger partial charge in [0.2, 0.25) is 0 Å². The summed E-state index contributed by atoms with van der Waals surface area (Å²) in [6, 6.07) is 0. The molecule has 0 radical (unpaired) electrons. The summed E-state index contributed by atoms with van der Waals surface area (Å²) in [6.07, 6.45) is 5.30. The van der Waals surface area contributed by atoms with Gasteiger partial charge in [-0.25, -0.2) is 0 Å². The van der Waals surface area contributed by atoms with Gasteiger partial charge in [-0.3, -0.25) is 4.90 Å². The highest BCUT2D eigenvalue weighted by Gasteiger charge is 2.38. The minimum atomic E-state index is 0. The Kier molecular flexibility index (Phi) is 7.13. The van der Waals surface area contributed by atoms with Crippen LogP contribution in [0.25, 0.3) is 0 Å². The van der Waals surface area contributed by atoms with Gasteiger partial charge in [0.05, 0.1) is 13.2 Å². The Morgan fingerprint density at radius 1 is 1.07 bits per heavy atom. The van der Waals surface area contributed by atoms with Crippen LogP contribution >= 0.6 is 24.8 Å². The highest BCUT2D eigenvalue weighted by atomic mass is 35.5. The monoisotopic (exact) mass is 256 g/mol. The highest BCUT2D eigenvalue weighted by molar-refractivity contribution is 5.85. The number of hydrogen-bond donors (Lipinski definition) is 1. The fraction of sp³-hybridized carbons (Fsp3) is 1.00. The van der Waals surface area contributed by atoms with Gasteiger partial charge in [0.15, 0.2) is 0 Å². The zero-order chi connectivity index (χ0) is 9.15. The van der Waals surface area contributed by atoms with Crippen LogP contribution in [0.15, 0.2) is 0 Å². The predicted octanol–water partition coefficient (Wildman–Crippen LogP) is 1.43. The number of hydrogen-bond acceptors (Lipinski definition) is 3. The van der Waals surface area contributed by atoms with Crippen LogP contribution in [-0.2, 0) is 4.74 Å². The molecule has 0 aromatic carbocycles. The van der Waals surface area contributed by atoms with E-state index in [0.29, 0.717) is 5.54 Å². The molecule has 0 spiro atoms. The fourth-order valence-electron chi connectivity index (χ4n) is 2.72. The smallest absolute Gasteiger partial charge is 0.0594 e. The number of morpholine rings is 1. The molecule has 0 unspecified atom stereocenters. The molecule has 2 fully saturated rings. The highest BCUT2D eigenvalue weighted by Crippen LogP contribution is 2.34. The number of nitrogens with two attached hydrogens (primary N) is 1. The summed E-state index contributed by atoms with van der Waals surface area (Å²) >= 11 is 0. The maximum absolute atomic E-state index is 5.92. The lowest BCUT2D eigenvalue weighted by molar-refractivity contribution is -0.0174. The number of nitrogens with zero attached hydrogens (tertiary/aromatic N) is 1. The van der Waals surface area contributed by atoms with E-state index in [2.05, 4.69) is 4.90 Å². The number of ether oxygens (including phenoxy) is 1. The van der Waals surface area contributed by atoms with Gasteiger partial charge in [-0.1, -0.05) is 12.8 Å². The van der Waals surface area contributed by atoms with E-state index in [4.69, 9.17) is 10.5 Å². The van der Waals surface area contributed by atoms with E-state index in [9.17, 15) is 0 Å². The zero-order valence-electron chi connectivity index (χ0n) is 9.11. The molecule has 1 saturated heterocycles. The first kappa shape index (κ1) is 15.5. The molecule has 0 amide bonds. The van der Waals surface area contributed by atoms with Crippen LogP contribution in [0.4, 0.5) is 0 Å². The van der Waals surface area contributed by atoms with Crippen molar-refractivity contribution in [3.05, 3.63) is 0 Å². The van der Waals surface area contributed by atoms with Gasteiger partial charge in [-0.05, 0) is 12.8 Å². The molecular weight excluding hydrogens is 235 g/mol. The molecule has 0 atom stereocenters. The molecule has 1 aliphatic carbocycles. The number of halogens is 2. The fourth-order valence-corrected chi connectivity index (χ4v) is 2.72. The van der Waals surface area contributed by atoms with Crippen molar-refractivity contribution in [1.82, 2.24) is 4.90 Å². The predicted molar refractivity (Wildman–Crippen MR) is 67.1 cm³/mol. The molecule has 5 heteroatoms. The molecule has 1 heterocycles. The van der Waals surface area contributed by atoms with E-state index in [1.807, 2.05) is 0 Å². The maximum atomic E-state index is 5.92. The standard InChI is InChI=1S/C10H20N2O.2ClH/c11-9-10(3-1-2-4-10)12-5-7-13-8-6-12;;/h1-9,11H2;2*1H. The average molecular weight is 257 g/mol. The Morgan fingerprint density at radius 3 is 2.07 bits per heavy atom. The lowest BCUT2D eigenvalue weighted by Crippen LogP contribution is -2.55. The van der Waals surface area contributed by atoms with E-state index in [1.54, 1.807) is 0 Å². The van der Waals surface area contributed by atoms with Gasteiger partial charge >= 0.3 is 0 Å². The summed E-state index contributed by atoms with van der Waals surface area (Å²) < 4.78 is 5.37. The van der Waals surface area contributed by atoms with E-state index in [0.717, 1.165) is 32.8 Å². The van der Waals surface area contributed by atoms with Crippen molar-refractivity contribution in [3.8, 4) is 0 Å². The normalized spacial score (nSPS) is 25.4. The lowest BCUT2D eigenvalue weighted by Gasteiger charge is -2.42. The van der Waals surface area contributed by atoms with Crippen LogP contribution in [-0.4, -0.2) is 43.3 Å². The molecule has 2 aliphatic rings. The van der Waals surface area contributed by atoms with Crippen LogP contribution in [0.2, 0.25) is 0 Å². The molecular formula is C10H22Cl2N2O. The first-order valence-electron chi connectivity index (χ1n) is 5.40. The second-order valence-corrected chi connectivity index (χ2v) is 4.23. The average Bonchev–Trinajstić information content (AvgIpc) is 2.69. The van der Waals surface area contributed by atoms with E-state index in [1.165, 1.54) is 25.7 Å². The Bertz CT molecular complexity index is 169. The van der Waals surface area contributed by atoms with Crippen molar-refractivity contribution >= 4 is 24.8 Å².